The van der Waals surface area contributed by atoms with Gasteiger partial charge in [-0.1, -0.05) is 18.2 Å². The first-order valence-electron chi connectivity index (χ1n) is 6.80. The maximum Gasteiger partial charge on any atom is 0.0459 e. The van der Waals surface area contributed by atoms with Crippen LogP contribution in [-0.4, -0.2) is 18.1 Å². The van der Waals surface area contributed by atoms with Crippen molar-refractivity contribution < 1.29 is 0 Å². The van der Waals surface area contributed by atoms with Crippen molar-refractivity contribution in [3.63, 3.8) is 0 Å². The van der Waals surface area contributed by atoms with Gasteiger partial charge in [-0.3, -0.25) is 0 Å². The van der Waals surface area contributed by atoms with Gasteiger partial charge in [-0.05, 0) is 50.4 Å². The maximum atomic E-state index is 5.74. The van der Waals surface area contributed by atoms with Gasteiger partial charge in [0.1, 0.15) is 0 Å². The van der Waals surface area contributed by atoms with Crippen molar-refractivity contribution in [3.8, 4) is 0 Å². The summed E-state index contributed by atoms with van der Waals surface area (Å²) in [6.07, 6.45) is 2.41. The molecule has 0 saturated carbocycles. The number of aryl methyl sites for hydroxylation is 1. The number of hydrogen-bond acceptors (Lipinski definition) is 2. The number of nitrogens with two attached hydrogens (primary N) is 1. The maximum absolute atomic E-state index is 5.74. The van der Waals surface area contributed by atoms with Crippen molar-refractivity contribution in [1.29, 1.82) is 0 Å². The van der Waals surface area contributed by atoms with Gasteiger partial charge in [0.15, 0.2) is 0 Å². The highest BCUT2D eigenvalue weighted by Crippen LogP contribution is 2.33. The number of H-pyrrole nitrogens is 1. The monoisotopic (exact) mass is 243 g/mol. The van der Waals surface area contributed by atoms with Crippen LogP contribution in [0.15, 0.2) is 24.3 Å². The normalized spacial score (nSPS) is 24.6. The number of piperidine rings is 1. The van der Waals surface area contributed by atoms with Crippen LogP contribution in [0, 0.1) is 12.8 Å². The summed E-state index contributed by atoms with van der Waals surface area (Å²) in [7, 11) is 0. The second kappa shape index (κ2) is 4.75. The number of aromatic nitrogens is 1. The van der Waals surface area contributed by atoms with E-state index in [0.29, 0.717) is 12.0 Å². The Kier molecular flexibility index (Phi) is 3.10. The second-order valence-electron chi connectivity index (χ2n) is 5.35. The number of aromatic amines is 1. The van der Waals surface area contributed by atoms with Gasteiger partial charge in [-0.2, -0.15) is 0 Å². The lowest BCUT2D eigenvalue weighted by Gasteiger charge is -2.29. The van der Waals surface area contributed by atoms with Crippen molar-refractivity contribution in [1.82, 2.24) is 10.3 Å². The summed E-state index contributed by atoms with van der Waals surface area (Å²) >= 11 is 0. The van der Waals surface area contributed by atoms with Crippen molar-refractivity contribution in [2.45, 2.75) is 25.8 Å². The van der Waals surface area contributed by atoms with Crippen molar-refractivity contribution in [2.24, 2.45) is 11.7 Å². The molecule has 1 saturated heterocycles. The third-order valence-corrected chi connectivity index (χ3v) is 4.14. The molecule has 2 atom stereocenters. The van der Waals surface area contributed by atoms with E-state index >= 15 is 0 Å². The molecule has 3 rings (SSSR count). The smallest absolute Gasteiger partial charge is 0.0459 e. The van der Waals surface area contributed by atoms with E-state index < -0.39 is 0 Å². The van der Waals surface area contributed by atoms with Crippen LogP contribution in [0.25, 0.3) is 10.9 Å². The van der Waals surface area contributed by atoms with E-state index in [-0.39, 0.29) is 0 Å². The fourth-order valence-electron chi connectivity index (χ4n) is 3.11. The molecule has 0 bridgehead atoms. The highest BCUT2D eigenvalue weighted by Gasteiger charge is 2.24. The average molecular weight is 243 g/mol. The summed E-state index contributed by atoms with van der Waals surface area (Å²) < 4.78 is 0. The van der Waals surface area contributed by atoms with Gasteiger partial charge in [0.2, 0.25) is 0 Å². The van der Waals surface area contributed by atoms with Gasteiger partial charge >= 0.3 is 0 Å². The quantitative estimate of drug-likeness (QED) is 0.759. The van der Waals surface area contributed by atoms with Crippen molar-refractivity contribution >= 4 is 10.9 Å². The fraction of sp³-hybridized carbons (Fsp3) is 0.467. The third-order valence-electron chi connectivity index (χ3n) is 4.14. The molecule has 1 aromatic carbocycles. The molecule has 1 aromatic heterocycles. The summed E-state index contributed by atoms with van der Waals surface area (Å²) in [5.74, 6) is 0.645. The van der Waals surface area contributed by atoms with Crippen LogP contribution in [0.2, 0.25) is 0 Å². The Morgan fingerprint density at radius 2 is 2.11 bits per heavy atom. The van der Waals surface area contributed by atoms with Crippen LogP contribution in [0.5, 0.6) is 0 Å². The molecule has 0 aliphatic carbocycles. The number of para-hydroxylation sites is 1. The molecule has 3 heteroatoms. The Hall–Kier alpha value is -1.32. The molecular formula is C15H21N3. The minimum atomic E-state index is 0.476. The average Bonchev–Trinajstić information content (AvgIpc) is 2.75. The Bertz CT molecular complexity index is 536. The van der Waals surface area contributed by atoms with Gasteiger partial charge in [0, 0.05) is 22.6 Å². The molecule has 1 aliphatic rings. The molecule has 1 aliphatic heterocycles. The van der Waals surface area contributed by atoms with Crippen LogP contribution in [0.3, 0.4) is 0 Å². The summed E-state index contributed by atoms with van der Waals surface area (Å²) in [6.45, 7) is 4.01. The molecule has 0 amide bonds. The number of hydrogen-bond donors (Lipinski definition) is 3. The lowest BCUT2D eigenvalue weighted by atomic mass is 9.90. The number of fused-ring (bicyclic) bond motifs is 1. The van der Waals surface area contributed by atoms with Gasteiger partial charge in [0.25, 0.3) is 0 Å². The lowest BCUT2D eigenvalue weighted by Crippen LogP contribution is -2.36. The predicted molar refractivity (Wildman–Crippen MR) is 75.6 cm³/mol. The fourth-order valence-corrected chi connectivity index (χ4v) is 3.11. The van der Waals surface area contributed by atoms with Crippen LogP contribution < -0.4 is 11.1 Å². The molecule has 18 heavy (non-hydrogen) atoms. The molecule has 1 fully saturated rings. The molecule has 96 valence electrons. The minimum absolute atomic E-state index is 0.476. The highest BCUT2D eigenvalue weighted by molar-refractivity contribution is 5.85. The topological polar surface area (TPSA) is 53.8 Å². The molecule has 0 radical (unpaired) electrons. The number of nitrogens with one attached hydrogen (secondary N) is 2. The van der Waals surface area contributed by atoms with Crippen molar-refractivity contribution in [2.75, 3.05) is 13.1 Å². The molecule has 2 unspecified atom stereocenters. The van der Waals surface area contributed by atoms with Gasteiger partial charge in [-0.25, -0.2) is 0 Å². The number of benzene rings is 1. The SMILES string of the molecule is Cc1[nH]c2ccccc2c1C1CCC(CN)CN1. The largest absolute Gasteiger partial charge is 0.358 e. The summed E-state index contributed by atoms with van der Waals surface area (Å²) in [6, 6.07) is 9.04. The van der Waals surface area contributed by atoms with E-state index in [1.54, 1.807) is 0 Å². The van der Waals surface area contributed by atoms with Gasteiger partial charge in [0.05, 0.1) is 0 Å². The van der Waals surface area contributed by atoms with E-state index in [0.717, 1.165) is 13.1 Å². The first-order valence-corrected chi connectivity index (χ1v) is 6.80. The van der Waals surface area contributed by atoms with E-state index in [1.807, 2.05) is 0 Å². The van der Waals surface area contributed by atoms with Crippen LogP contribution in [-0.2, 0) is 0 Å². The lowest BCUT2D eigenvalue weighted by molar-refractivity contribution is 0.321. The van der Waals surface area contributed by atoms with Crippen LogP contribution in [0.4, 0.5) is 0 Å². The molecule has 3 nitrogen and oxygen atoms in total. The standard InChI is InChI=1S/C15H21N3/c1-10-15(12-4-2-3-5-13(12)18-10)14-7-6-11(8-16)9-17-14/h2-5,11,14,17-18H,6-9,16H2,1H3. The summed E-state index contributed by atoms with van der Waals surface area (Å²) in [4.78, 5) is 3.48. The van der Waals surface area contributed by atoms with Crippen LogP contribution >= 0.6 is 0 Å². The summed E-state index contributed by atoms with van der Waals surface area (Å²) in [5.41, 5.74) is 9.72. The number of rotatable bonds is 2. The first-order chi connectivity index (χ1) is 8.79. The van der Waals surface area contributed by atoms with Crippen LogP contribution in [0.1, 0.15) is 30.1 Å². The zero-order chi connectivity index (χ0) is 12.5. The third kappa shape index (κ3) is 1.93. The Morgan fingerprint density at radius 3 is 2.83 bits per heavy atom. The van der Waals surface area contributed by atoms with E-state index in [1.165, 1.54) is 35.0 Å². The van der Waals surface area contributed by atoms with Gasteiger partial charge in [-0.15, -0.1) is 0 Å². The molecule has 0 spiro atoms. The zero-order valence-electron chi connectivity index (χ0n) is 10.9. The van der Waals surface area contributed by atoms with Crippen molar-refractivity contribution in [3.05, 3.63) is 35.5 Å². The molecule has 4 N–H and O–H groups in total. The Labute approximate surface area is 108 Å². The Balaban J connectivity index is 1.92. The predicted octanol–water partition coefficient (Wildman–Crippen LogP) is 2.48. The molecule has 2 aromatic rings. The highest BCUT2D eigenvalue weighted by atomic mass is 14.9. The first kappa shape index (κ1) is 11.8. The van der Waals surface area contributed by atoms with E-state index in [2.05, 4.69) is 41.5 Å². The van der Waals surface area contributed by atoms with Gasteiger partial charge < -0.3 is 16.0 Å². The minimum Gasteiger partial charge on any atom is -0.358 e. The molecule has 2 heterocycles. The molecular weight excluding hydrogens is 222 g/mol. The van der Waals surface area contributed by atoms with E-state index in [9.17, 15) is 0 Å². The van der Waals surface area contributed by atoms with E-state index in [4.69, 9.17) is 5.73 Å². The Morgan fingerprint density at radius 1 is 1.28 bits per heavy atom. The zero-order valence-corrected chi connectivity index (χ0v) is 10.9. The second-order valence-corrected chi connectivity index (χ2v) is 5.35. The summed E-state index contributed by atoms with van der Waals surface area (Å²) in [5, 5.41) is 5.02.